The zero-order valence-corrected chi connectivity index (χ0v) is 16.9. The molecule has 1 aliphatic rings. The first-order chi connectivity index (χ1) is 13.3. The zero-order valence-electron chi connectivity index (χ0n) is 16.1. The SMILES string of the molecule is CCN1C(=O)C(=Cc2cccc(OC)c2O[C@@H](C)C(=O)O)C(=O)N(CC)C1=S. The van der Waals surface area contributed by atoms with Crippen molar-refractivity contribution in [2.45, 2.75) is 26.9 Å². The third kappa shape index (κ3) is 3.99. The van der Waals surface area contributed by atoms with Gasteiger partial charge in [0, 0.05) is 18.7 Å². The van der Waals surface area contributed by atoms with Gasteiger partial charge in [0.15, 0.2) is 22.7 Å². The van der Waals surface area contributed by atoms with Crippen LogP contribution in [0.4, 0.5) is 0 Å². The van der Waals surface area contributed by atoms with Gasteiger partial charge in [-0.25, -0.2) is 4.79 Å². The Morgan fingerprint density at radius 3 is 2.25 bits per heavy atom. The van der Waals surface area contributed by atoms with Gasteiger partial charge in [0.25, 0.3) is 11.8 Å². The number of aliphatic carboxylic acids is 1. The molecule has 1 heterocycles. The second-order valence-corrected chi connectivity index (χ2v) is 6.28. The summed E-state index contributed by atoms with van der Waals surface area (Å²) >= 11 is 5.24. The number of likely N-dealkylation sites (N-methyl/N-ethyl adjacent to an activating group) is 2. The van der Waals surface area contributed by atoms with E-state index in [9.17, 15) is 14.4 Å². The maximum atomic E-state index is 12.8. The fourth-order valence-corrected chi connectivity index (χ4v) is 3.12. The van der Waals surface area contributed by atoms with Crippen LogP contribution >= 0.6 is 12.2 Å². The van der Waals surface area contributed by atoms with E-state index in [4.69, 9.17) is 26.8 Å². The Morgan fingerprint density at radius 2 is 1.79 bits per heavy atom. The summed E-state index contributed by atoms with van der Waals surface area (Å²) in [5, 5.41) is 9.31. The number of amides is 2. The first kappa shape index (κ1) is 21.4. The number of nitrogens with zero attached hydrogens (tertiary/aromatic N) is 2. The lowest BCUT2D eigenvalue weighted by molar-refractivity contribution is -0.144. The molecule has 2 amide bonds. The number of benzene rings is 1. The molecule has 1 aromatic rings. The van der Waals surface area contributed by atoms with Gasteiger partial charge < -0.3 is 14.6 Å². The van der Waals surface area contributed by atoms with Gasteiger partial charge in [0.1, 0.15) is 5.57 Å². The van der Waals surface area contributed by atoms with E-state index in [1.807, 2.05) is 0 Å². The molecule has 1 fully saturated rings. The molecule has 2 rings (SSSR count). The molecular formula is C19H22N2O6S. The van der Waals surface area contributed by atoms with Crippen LogP contribution in [-0.2, 0) is 14.4 Å². The molecule has 0 aliphatic carbocycles. The van der Waals surface area contributed by atoms with Gasteiger partial charge >= 0.3 is 5.97 Å². The predicted molar refractivity (Wildman–Crippen MR) is 106 cm³/mol. The van der Waals surface area contributed by atoms with Gasteiger partial charge in [-0.1, -0.05) is 12.1 Å². The van der Waals surface area contributed by atoms with E-state index in [-0.39, 0.29) is 22.2 Å². The van der Waals surface area contributed by atoms with Gasteiger partial charge in [0.05, 0.1) is 7.11 Å². The molecule has 1 saturated heterocycles. The van der Waals surface area contributed by atoms with Crippen LogP contribution in [0.25, 0.3) is 6.08 Å². The van der Waals surface area contributed by atoms with Gasteiger partial charge in [-0.05, 0) is 45.1 Å². The average Bonchev–Trinajstić information content (AvgIpc) is 2.66. The number of carboxylic acid groups (broad SMARTS) is 1. The zero-order chi connectivity index (χ0) is 21.0. The molecule has 0 spiro atoms. The van der Waals surface area contributed by atoms with Crippen molar-refractivity contribution in [3.8, 4) is 11.5 Å². The standard InChI is InChI=1S/C19H22N2O6S/c1-5-20-16(22)13(17(23)21(6-2)19(20)28)10-12-8-7-9-14(26-4)15(12)27-11(3)18(24)25/h7-11H,5-6H2,1-4H3,(H,24,25)/t11-/m0/s1. The van der Waals surface area contributed by atoms with Crippen molar-refractivity contribution in [1.82, 2.24) is 9.80 Å². The molecule has 0 saturated carbocycles. The first-order valence-electron chi connectivity index (χ1n) is 8.72. The fourth-order valence-electron chi connectivity index (χ4n) is 2.70. The topological polar surface area (TPSA) is 96.4 Å². The molecule has 9 heteroatoms. The molecule has 0 unspecified atom stereocenters. The molecule has 1 aromatic carbocycles. The first-order valence-corrected chi connectivity index (χ1v) is 9.13. The van der Waals surface area contributed by atoms with E-state index in [0.29, 0.717) is 18.7 Å². The molecule has 1 atom stereocenters. The monoisotopic (exact) mass is 406 g/mol. The van der Waals surface area contributed by atoms with Crippen molar-refractivity contribution >= 4 is 41.2 Å². The Labute approximate surface area is 168 Å². The van der Waals surface area contributed by atoms with E-state index in [0.717, 1.165) is 0 Å². The minimum absolute atomic E-state index is 0.0848. The van der Waals surface area contributed by atoms with Crippen molar-refractivity contribution in [3.63, 3.8) is 0 Å². The number of carboxylic acids is 1. The van der Waals surface area contributed by atoms with Crippen LogP contribution in [0, 0.1) is 0 Å². The number of hydrogen-bond donors (Lipinski definition) is 1. The van der Waals surface area contributed by atoms with Gasteiger partial charge in [0.2, 0.25) is 0 Å². The van der Waals surface area contributed by atoms with Gasteiger partial charge in [-0.15, -0.1) is 0 Å². The normalized spacial score (nSPS) is 15.6. The smallest absolute Gasteiger partial charge is 0.344 e. The van der Waals surface area contributed by atoms with Crippen LogP contribution in [0.3, 0.4) is 0 Å². The number of carbonyl (C=O) groups is 3. The molecular weight excluding hydrogens is 384 g/mol. The molecule has 0 radical (unpaired) electrons. The van der Waals surface area contributed by atoms with Crippen molar-refractivity contribution in [1.29, 1.82) is 0 Å². The molecule has 8 nitrogen and oxygen atoms in total. The Balaban J connectivity index is 2.59. The number of ether oxygens (including phenoxy) is 2. The van der Waals surface area contributed by atoms with Crippen molar-refractivity contribution in [3.05, 3.63) is 29.3 Å². The highest BCUT2D eigenvalue weighted by Gasteiger charge is 2.38. The lowest BCUT2D eigenvalue weighted by Crippen LogP contribution is -2.55. The Morgan fingerprint density at radius 1 is 1.21 bits per heavy atom. The number of carbonyl (C=O) groups excluding carboxylic acids is 2. The third-order valence-electron chi connectivity index (χ3n) is 4.22. The molecule has 28 heavy (non-hydrogen) atoms. The highest BCUT2D eigenvalue weighted by atomic mass is 32.1. The molecule has 1 aliphatic heterocycles. The van der Waals surface area contributed by atoms with E-state index >= 15 is 0 Å². The average molecular weight is 406 g/mol. The van der Waals surface area contributed by atoms with Crippen molar-refractivity contribution < 1.29 is 29.0 Å². The van der Waals surface area contributed by atoms with E-state index < -0.39 is 23.9 Å². The van der Waals surface area contributed by atoms with Gasteiger partial charge in [-0.3, -0.25) is 19.4 Å². The van der Waals surface area contributed by atoms with Gasteiger partial charge in [-0.2, -0.15) is 0 Å². The van der Waals surface area contributed by atoms with Crippen LogP contribution in [0.15, 0.2) is 23.8 Å². The summed E-state index contributed by atoms with van der Waals surface area (Å²) in [6, 6.07) is 4.86. The Kier molecular flexibility index (Phi) is 6.74. The van der Waals surface area contributed by atoms with E-state index in [2.05, 4.69) is 0 Å². The van der Waals surface area contributed by atoms with Crippen LogP contribution in [0.2, 0.25) is 0 Å². The number of methoxy groups -OCH3 is 1. The lowest BCUT2D eigenvalue weighted by Gasteiger charge is -2.35. The predicted octanol–water partition coefficient (Wildman–Crippen LogP) is 1.93. The highest BCUT2D eigenvalue weighted by Crippen LogP contribution is 2.34. The van der Waals surface area contributed by atoms with Crippen LogP contribution in [-0.4, -0.2) is 64.1 Å². The number of rotatable bonds is 7. The summed E-state index contributed by atoms with van der Waals surface area (Å²) < 4.78 is 10.8. The molecule has 1 N–H and O–H groups in total. The Bertz CT molecular complexity index is 823. The summed E-state index contributed by atoms with van der Waals surface area (Å²) in [6.45, 7) is 5.53. The Hall–Kier alpha value is -2.94. The molecule has 0 aromatic heterocycles. The van der Waals surface area contributed by atoms with E-state index in [1.54, 1.807) is 32.0 Å². The summed E-state index contributed by atoms with van der Waals surface area (Å²) in [5.41, 5.74) is 0.266. The quantitative estimate of drug-likeness (QED) is 0.420. The van der Waals surface area contributed by atoms with Crippen molar-refractivity contribution in [2.24, 2.45) is 0 Å². The summed E-state index contributed by atoms with van der Waals surface area (Å²) in [5.74, 6) is -1.76. The lowest BCUT2D eigenvalue weighted by atomic mass is 10.0. The van der Waals surface area contributed by atoms with Crippen LogP contribution in [0.1, 0.15) is 26.3 Å². The molecule has 0 bridgehead atoms. The highest BCUT2D eigenvalue weighted by molar-refractivity contribution is 7.80. The number of para-hydroxylation sites is 1. The second kappa shape index (κ2) is 8.83. The summed E-state index contributed by atoms with van der Waals surface area (Å²) in [4.78, 5) is 39.5. The number of thiocarbonyl (C=S) groups is 1. The third-order valence-corrected chi connectivity index (χ3v) is 4.66. The second-order valence-electron chi connectivity index (χ2n) is 5.92. The number of hydrogen-bond acceptors (Lipinski definition) is 6. The maximum Gasteiger partial charge on any atom is 0.344 e. The fraction of sp³-hybridized carbons (Fsp3) is 0.368. The largest absolute Gasteiger partial charge is 0.493 e. The van der Waals surface area contributed by atoms with E-state index in [1.165, 1.54) is 29.9 Å². The minimum Gasteiger partial charge on any atom is -0.493 e. The summed E-state index contributed by atoms with van der Waals surface area (Å²) in [7, 11) is 1.41. The molecule has 150 valence electrons. The minimum atomic E-state index is -1.16. The van der Waals surface area contributed by atoms with Crippen LogP contribution < -0.4 is 9.47 Å². The summed E-state index contributed by atoms with van der Waals surface area (Å²) in [6.07, 6.45) is 0.225. The van der Waals surface area contributed by atoms with Crippen LogP contribution in [0.5, 0.6) is 11.5 Å². The maximum absolute atomic E-state index is 12.8. The van der Waals surface area contributed by atoms with Crippen molar-refractivity contribution in [2.75, 3.05) is 20.2 Å².